The van der Waals surface area contributed by atoms with E-state index in [1.54, 1.807) is 28.0 Å². The molecule has 3 amide bonds. The van der Waals surface area contributed by atoms with Crippen molar-refractivity contribution in [3.05, 3.63) is 64.6 Å². The lowest BCUT2D eigenvalue weighted by Gasteiger charge is -2.34. The van der Waals surface area contributed by atoms with Gasteiger partial charge in [-0.05, 0) is 30.3 Å². The van der Waals surface area contributed by atoms with E-state index in [9.17, 15) is 14.4 Å². The SMILES string of the molecule is O=C(Nc1ccccc1)N1CCN(C(=O)c2ccc3[nH]c(=O)[nH]c3c2)CC1. The molecule has 8 heteroatoms. The van der Waals surface area contributed by atoms with Crippen molar-refractivity contribution in [3.8, 4) is 0 Å². The minimum absolute atomic E-state index is 0.109. The summed E-state index contributed by atoms with van der Waals surface area (Å²) in [5.41, 5.74) is 2.23. The number of fused-ring (bicyclic) bond motifs is 1. The predicted octanol–water partition coefficient (Wildman–Crippen LogP) is 1.85. The number of nitrogens with zero attached hydrogens (tertiary/aromatic N) is 2. The number of hydrogen-bond acceptors (Lipinski definition) is 3. The monoisotopic (exact) mass is 365 g/mol. The van der Waals surface area contributed by atoms with Gasteiger partial charge in [-0.2, -0.15) is 0 Å². The van der Waals surface area contributed by atoms with Crippen LogP contribution in [0.25, 0.3) is 11.0 Å². The Morgan fingerprint density at radius 1 is 0.852 bits per heavy atom. The Morgan fingerprint density at radius 2 is 1.52 bits per heavy atom. The minimum Gasteiger partial charge on any atom is -0.335 e. The number of urea groups is 1. The number of piperazine rings is 1. The minimum atomic E-state index is -0.298. The molecule has 3 aromatic rings. The molecule has 0 spiro atoms. The standard InChI is InChI=1S/C19H19N5O3/c25-17(13-6-7-15-16(12-13)22-18(26)21-15)23-8-10-24(11-9-23)19(27)20-14-4-2-1-3-5-14/h1-7,12H,8-11H2,(H,20,27)(H2,21,22,26). The molecule has 27 heavy (non-hydrogen) atoms. The zero-order valence-corrected chi connectivity index (χ0v) is 14.6. The summed E-state index contributed by atoms with van der Waals surface area (Å²) in [5.74, 6) is -0.109. The summed E-state index contributed by atoms with van der Waals surface area (Å²) in [4.78, 5) is 45.1. The Kier molecular flexibility index (Phi) is 4.37. The number of rotatable bonds is 2. The van der Waals surface area contributed by atoms with Gasteiger partial charge in [0.25, 0.3) is 5.91 Å². The van der Waals surface area contributed by atoms with E-state index < -0.39 is 0 Å². The van der Waals surface area contributed by atoms with Crippen LogP contribution in [0.3, 0.4) is 0 Å². The van der Waals surface area contributed by atoms with Crippen LogP contribution in [0.2, 0.25) is 0 Å². The van der Waals surface area contributed by atoms with Gasteiger partial charge >= 0.3 is 11.7 Å². The molecule has 0 atom stereocenters. The number of carbonyl (C=O) groups excluding carboxylic acids is 2. The number of imidazole rings is 1. The van der Waals surface area contributed by atoms with Crippen molar-refractivity contribution in [2.45, 2.75) is 0 Å². The summed E-state index contributed by atoms with van der Waals surface area (Å²) >= 11 is 0. The van der Waals surface area contributed by atoms with Crippen LogP contribution < -0.4 is 11.0 Å². The van der Waals surface area contributed by atoms with Gasteiger partial charge in [-0.15, -0.1) is 0 Å². The highest BCUT2D eigenvalue weighted by molar-refractivity contribution is 5.97. The highest BCUT2D eigenvalue weighted by atomic mass is 16.2. The third kappa shape index (κ3) is 3.55. The van der Waals surface area contributed by atoms with E-state index in [2.05, 4.69) is 15.3 Å². The van der Waals surface area contributed by atoms with Crippen LogP contribution in [0.15, 0.2) is 53.3 Å². The second-order valence-electron chi connectivity index (χ2n) is 6.41. The number of aromatic nitrogens is 2. The lowest BCUT2D eigenvalue weighted by Crippen LogP contribution is -2.51. The predicted molar refractivity (Wildman–Crippen MR) is 102 cm³/mol. The average Bonchev–Trinajstić information content (AvgIpc) is 3.07. The van der Waals surface area contributed by atoms with Crippen molar-refractivity contribution < 1.29 is 9.59 Å². The number of hydrogen-bond donors (Lipinski definition) is 3. The maximum absolute atomic E-state index is 12.7. The van der Waals surface area contributed by atoms with Crippen molar-refractivity contribution in [2.24, 2.45) is 0 Å². The summed E-state index contributed by atoms with van der Waals surface area (Å²) in [6, 6.07) is 14.2. The van der Waals surface area contributed by atoms with Crippen LogP contribution in [0.4, 0.5) is 10.5 Å². The highest BCUT2D eigenvalue weighted by Gasteiger charge is 2.25. The Hall–Kier alpha value is -3.55. The maximum atomic E-state index is 12.7. The molecule has 0 aliphatic carbocycles. The third-order valence-corrected chi connectivity index (χ3v) is 4.64. The number of carbonyl (C=O) groups is 2. The van der Waals surface area contributed by atoms with E-state index in [0.717, 1.165) is 5.69 Å². The number of H-pyrrole nitrogens is 2. The summed E-state index contributed by atoms with van der Waals surface area (Å²) in [6.45, 7) is 1.85. The molecule has 0 radical (unpaired) electrons. The molecule has 3 N–H and O–H groups in total. The van der Waals surface area contributed by atoms with Crippen molar-refractivity contribution in [3.63, 3.8) is 0 Å². The molecule has 1 fully saturated rings. The van der Waals surface area contributed by atoms with Gasteiger partial charge in [0.2, 0.25) is 0 Å². The second-order valence-corrected chi connectivity index (χ2v) is 6.41. The number of para-hydroxylation sites is 1. The first-order valence-corrected chi connectivity index (χ1v) is 8.72. The van der Waals surface area contributed by atoms with Crippen molar-refractivity contribution >= 4 is 28.7 Å². The zero-order valence-electron chi connectivity index (χ0n) is 14.6. The molecular formula is C19H19N5O3. The van der Waals surface area contributed by atoms with E-state index in [4.69, 9.17) is 0 Å². The maximum Gasteiger partial charge on any atom is 0.323 e. The van der Waals surface area contributed by atoms with Crippen LogP contribution in [-0.2, 0) is 0 Å². The molecule has 2 aromatic carbocycles. The number of anilines is 1. The number of benzene rings is 2. The fourth-order valence-corrected chi connectivity index (χ4v) is 3.18. The third-order valence-electron chi connectivity index (χ3n) is 4.64. The van der Waals surface area contributed by atoms with Crippen LogP contribution in [-0.4, -0.2) is 57.9 Å². The van der Waals surface area contributed by atoms with E-state index in [0.29, 0.717) is 42.8 Å². The van der Waals surface area contributed by atoms with Gasteiger partial charge in [-0.25, -0.2) is 9.59 Å². The Balaban J connectivity index is 1.38. The molecule has 1 aliphatic heterocycles. The van der Waals surface area contributed by atoms with E-state index in [1.165, 1.54) is 0 Å². The van der Waals surface area contributed by atoms with E-state index >= 15 is 0 Å². The molecule has 0 bridgehead atoms. The van der Waals surface area contributed by atoms with Crippen molar-refractivity contribution in [1.29, 1.82) is 0 Å². The fraction of sp³-hybridized carbons (Fsp3) is 0.211. The summed E-state index contributed by atoms with van der Waals surface area (Å²) in [6.07, 6.45) is 0. The summed E-state index contributed by atoms with van der Waals surface area (Å²) < 4.78 is 0. The Bertz CT molecular complexity index is 1030. The van der Waals surface area contributed by atoms with Gasteiger partial charge in [0.05, 0.1) is 11.0 Å². The number of aromatic amines is 2. The molecular weight excluding hydrogens is 346 g/mol. The highest BCUT2D eigenvalue weighted by Crippen LogP contribution is 2.15. The van der Waals surface area contributed by atoms with Gasteiger partial charge in [-0.3, -0.25) is 4.79 Å². The number of nitrogens with one attached hydrogen (secondary N) is 3. The molecule has 1 aliphatic rings. The molecule has 8 nitrogen and oxygen atoms in total. The molecule has 1 saturated heterocycles. The number of amides is 3. The lowest BCUT2D eigenvalue weighted by molar-refractivity contribution is 0.0672. The van der Waals surface area contributed by atoms with Gasteiger partial charge in [-0.1, -0.05) is 18.2 Å². The van der Waals surface area contributed by atoms with Gasteiger partial charge in [0.1, 0.15) is 0 Å². The average molecular weight is 365 g/mol. The van der Waals surface area contributed by atoms with Crippen molar-refractivity contribution in [1.82, 2.24) is 19.8 Å². The van der Waals surface area contributed by atoms with Crippen LogP contribution in [0, 0.1) is 0 Å². The quantitative estimate of drug-likeness (QED) is 0.646. The summed E-state index contributed by atoms with van der Waals surface area (Å²) in [5, 5.41) is 2.86. The van der Waals surface area contributed by atoms with Crippen LogP contribution in [0.1, 0.15) is 10.4 Å². The topological polar surface area (TPSA) is 101 Å². The molecule has 0 saturated carbocycles. The zero-order chi connectivity index (χ0) is 18.8. The van der Waals surface area contributed by atoms with Crippen LogP contribution in [0.5, 0.6) is 0 Å². The normalized spacial score (nSPS) is 14.4. The van der Waals surface area contributed by atoms with E-state index in [1.807, 2.05) is 30.3 Å². The first-order chi connectivity index (χ1) is 13.1. The summed E-state index contributed by atoms with van der Waals surface area (Å²) in [7, 11) is 0. The molecule has 4 rings (SSSR count). The van der Waals surface area contributed by atoms with Gasteiger partial charge in [0, 0.05) is 37.4 Å². The fourth-order valence-electron chi connectivity index (χ4n) is 3.18. The first-order valence-electron chi connectivity index (χ1n) is 8.72. The van der Waals surface area contributed by atoms with Gasteiger partial charge < -0.3 is 25.1 Å². The molecule has 2 heterocycles. The Labute approximate surface area is 154 Å². The van der Waals surface area contributed by atoms with E-state index in [-0.39, 0.29) is 17.6 Å². The van der Waals surface area contributed by atoms with Crippen LogP contribution >= 0.6 is 0 Å². The molecule has 1 aromatic heterocycles. The molecule has 0 unspecified atom stereocenters. The van der Waals surface area contributed by atoms with Gasteiger partial charge in [0.15, 0.2) is 0 Å². The first kappa shape index (κ1) is 16.9. The second kappa shape index (κ2) is 6.99. The lowest BCUT2D eigenvalue weighted by atomic mass is 10.1. The van der Waals surface area contributed by atoms with Crippen molar-refractivity contribution in [2.75, 3.05) is 31.5 Å². The molecule has 138 valence electrons. The smallest absolute Gasteiger partial charge is 0.323 e. The Morgan fingerprint density at radius 3 is 2.26 bits per heavy atom. The largest absolute Gasteiger partial charge is 0.335 e.